The smallest absolute Gasteiger partial charge is 0.0937 e. The summed E-state index contributed by atoms with van der Waals surface area (Å²) in [6, 6.07) is 20.8. The van der Waals surface area contributed by atoms with Gasteiger partial charge in [-0.1, -0.05) is 102 Å². The largest absolute Gasteiger partial charge is 0.254 e. The van der Waals surface area contributed by atoms with Crippen molar-refractivity contribution in [1.82, 2.24) is 0 Å². The van der Waals surface area contributed by atoms with E-state index in [0.29, 0.717) is 0 Å². The molecule has 132 valence electrons. The number of benzene rings is 2. The monoisotopic (exact) mass is 352 g/mol. The van der Waals surface area contributed by atoms with E-state index < -0.39 is 10.8 Å². The van der Waals surface area contributed by atoms with Crippen LogP contribution in [0.3, 0.4) is 0 Å². The summed E-state index contributed by atoms with van der Waals surface area (Å²) in [5.74, 6) is 0. The Hall–Kier alpha value is -1.67. The topological polar surface area (TPSA) is 17.1 Å². The minimum atomic E-state index is -0.986. The lowest BCUT2D eigenvalue weighted by Crippen LogP contribution is -2.42. The SMILES string of the molecule is CC(C)(C)C1(C(C)(C)C)C(=C(c2ccccc2)c2ccccc2)S1=O. The van der Waals surface area contributed by atoms with Gasteiger partial charge in [0.05, 0.1) is 15.5 Å². The van der Waals surface area contributed by atoms with Crippen molar-refractivity contribution in [2.75, 3.05) is 0 Å². The Kier molecular flexibility index (Phi) is 4.31. The first kappa shape index (κ1) is 18.1. The molecule has 2 heteroatoms. The minimum Gasteiger partial charge on any atom is -0.254 e. The molecule has 0 radical (unpaired) electrons. The fraction of sp³-hybridized carbons (Fsp3) is 0.391. The molecular weight excluding hydrogens is 324 g/mol. The van der Waals surface area contributed by atoms with E-state index in [4.69, 9.17) is 0 Å². The van der Waals surface area contributed by atoms with E-state index in [1.165, 1.54) is 0 Å². The third kappa shape index (κ3) is 2.71. The van der Waals surface area contributed by atoms with Crippen LogP contribution in [-0.2, 0) is 10.8 Å². The highest BCUT2D eigenvalue weighted by atomic mass is 32.2. The molecule has 0 spiro atoms. The number of rotatable bonds is 2. The fourth-order valence-corrected chi connectivity index (χ4v) is 7.24. The summed E-state index contributed by atoms with van der Waals surface area (Å²) in [6.07, 6.45) is 0. The molecule has 0 aromatic heterocycles. The van der Waals surface area contributed by atoms with Crippen LogP contribution in [0.5, 0.6) is 0 Å². The molecule has 0 bridgehead atoms. The summed E-state index contributed by atoms with van der Waals surface area (Å²) in [5.41, 5.74) is 3.27. The zero-order chi connectivity index (χ0) is 18.5. The van der Waals surface area contributed by atoms with Gasteiger partial charge >= 0.3 is 0 Å². The second-order valence-corrected chi connectivity index (χ2v) is 10.4. The standard InChI is InChI=1S/C23H28OS/c1-21(2,3)23(22(4,5)6)20(25(23)24)19(17-13-9-7-10-14-17)18-15-11-8-12-16-18/h7-16H,1-6H3. The molecule has 1 aliphatic heterocycles. The molecule has 0 N–H and O–H groups in total. The first-order valence-electron chi connectivity index (χ1n) is 8.90. The van der Waals surface area contributed by atoms with Crippen molar-refractivity contribution in [2.24, 2.45) is 10.8 Å². The van der Waals surface area contributed by atoms with E-state index in [1.54, 1.807) is 0 Å². The highest BCUT2D eigenvalue weighted by Crippen LogP contribution is 2.68. The molecule has 1 fully saturated rings. The van der Waals surface area contributed by atoms with Crippen LogP contribution < -0.4 is 0 Å². The Bertz CT molecular complexity index is 762. The summed E-state index contributed by atoms with van der Waals surface area (Å²) in [6.45, 7) is 13.3. The van der Waals surface area contributed by atoms with E-state index in [1.807, 2.05) is 12.1 Å². The van der Waals surface area contributed by atoms with Crippen molar-refractivity contribution in [3.8, 4) is 0 Å². The first-order chi connectivity index (χ1) is 11.6. The van der Waals surface area contributed by atoms with E-state index in [0.717, 1.165) is 21.6 Å². The maximum atomic E-state index is 13.5. The molecule has 3 rings (SSSR count). The Balaban J connectivity index is 2.36. The van der Waals surface area contributed by atoms with Crippen LogP contribution in [0.4, 0.5) is 0 Å². The van der Waals surface area contributed by atoms with Crippen molar-refractivity contribution in [2.45, 2.75) is 46.3 Å². The molecule has 0 amide bonds. The third-order valence-corrected chi connectivity index (χ3v) is 7.87. The van der Waals surface area contributed by atoms with Crippen molar-refractivity contribution in [3.63, 3.8) is 0 Å². The van der Waals surface area contributed by atoms with Crippen LogP contribution in [0.15, 0.2) is 65.6 Å². The Morgan fingerprint density at radius 2 is 1.08 bits per heavy atom. The van der Waals surface area contributed by atoms with Gasteiger partial charge < -0.3 is 0 Å². The van der Waals surface area contributed by atoms with Gasteiger partial charge in [-0.05, 0) is 22.0 Å². The predicted molar refractivity (Wildman–Crippen MR) is 109 cm³/mol. The molecule has 1 atom stereocenters. The number of hydrogen-bond donors (Lipinski definition) is 0. The maximum absolute atomic E-state index is 13.5. The zero-order valence-electron chi connectivity index (χ0n) is 16.1. The fourth-order valence-electron chi connectivity index (χ4n) is 4.48. The van der Waals surface area contributed by atoms with Crippen LogP contribution in [0.1, 0.15) is 52.7 Å². The van der Waals surface area contributed by atoms with Gasteiger partial charge in [0, 0.05) is 10.5 Å². The van der Waals surface area contributed by atoms with Gasteiger partial charge in [-0.3, -0.25) is 4.21 Å². The van der Waals surface area contributed by atoms with Crippen LogP contribution in [0.25, 0.3) is 5.57 Å². The summed E-state index contributed by atoms with van der Waals surface area (Å²) in [5, 5.41) is 0. The Labute approximate surface area is 154 Å². The highest BCUT2D eigenvalue weighted by molar-refractivity contribution is 7.99. The normalized spacial score (nSPS) is 19.6. The minimum absolute atomic E-state index is 0.0831. The quantitative estimate of drug-likeness (QED) is 0.602. The summed E-state index contributed by atoms with van der Waals surface area (Å²) in [4.78, 5) is 1.10. The molecule has 0 saturated carbocycles. The second kappa shape index (κ2) is 5.95. The first-order valence-corrected chi connectivity index (χ1v) is 10.0. The molecule has 1 heterocycles. The maximum Gasteiger partial charge on any atom is 0.0937 e. The van der Waals surface area contributed by atoms with E-state index >= 15 is 0 Å². The molecule has 2 aromatic carbocycles. The van der Waals surface area contributed by atoms with Gasteiger partial charge in [0.15, 0.2) is 0 Å². The lowest BCUT2D eigenvalue weighted by Gasteiger charge is -2.39. The van der Waals surface area contributed by atoms with Gasteiger partial charge in [0.1, 0.15) is 0 Å². The van der Waals surface area contributed by atoms with Crippen LogP contribution in [0.2, 0.25) is 0 Å². The molecule has 1 nitrogen and oxygen atoms in total. The molecular formula is C23H28OS. The van der Waals surface area contributed by atoms with Gasteiger partial charge in [0.25, 0.3) is 0 Å². The van der Waals surface area contributed by atoms with Crippen molar-refractivity contribution in [3.05, 3.63) is 76.7 Å². The molecule has 2 aromatic rings. The van der Waals surface area contributed by atoms with Crippen LogP contribution in [0, 0.1) is 10.8 Å². The number of hydrogen-bond acceptors (Lipinski definition) is 1. The highest BCUT2D eigenvalue weighted by Gasteiger charge is 2.72. The van der Waals surface area contributed by atoms with Crippen molar-refractivity contribution < 1.29 is 4.21 Å². The molecule has 1 unspecified atom stereocenters. The van der Waals surface area contributed by atoms with Gasteiger partial charge in [-0.15, -0.1) is 0 Å². The molecule has 1 saturated heterocycles. The lowest BCUT2D eigenvalue weighted by molar-refractivity contribution is 0.199. The van der Waals surface area contributed by atoms with Crippen molar-refractivity contribution in [1.29, 1.82) is 0 Å². The molecule has 25 heavy (non-hydrogen) atoms. The molecule has 0 aliphatic carbocycles. The van der Waals surface area contributed by atoms with Crippen molar-refractivity contribution >= 4 is 16.4 Å². The van der Waals surface area contributed by atoms with Gasteiger partial charge in [-0.2, -0.15) is 0 Å². The van der Waals surface area contributed by atoms with E-state index in [9.17, 15) is 4.21 Å². The Morgan fingerprint density at radius 1 is 0.720 bits per heavy atom. The molecule has 1 aliphatic rings. The second-order valence-electron chi connectivity index (χ2n) is 8.89. The summed E-state index contributed by atoms with van der Waals surface area (Å²) < 4.78 is 13.2. The van der Waals surface area contributed by atoms with Gasteiger partial charge in [0.2, 0.25) is 0 Å². The third-order valence-electron chi connectivity index (χ3n) is 5.21. The van der Waals surface area contributed by atoms with Crippen LogP contribution in [-0.4, -0.2) is 8.96 Å². The van der Waals surface area contributed by atoms with E-state index in [2.05, 4.69) is 90.1 Å². The van der Waals surface area contributed by atoms with Crippen LogP contribution >= 0.6 is 0 Å². The van der Waals surface area contributed by atoms with E-state index in [-0.39, 0.29) is 15.6 Å². The lowest BCUT2D eigenvalue weighted by atomic mass is 9.65. The Morgan fingerprint density at radius 3 is 1.36 bits per heavy atom. The average Bonchev–Trinajstić information content (AvgIpc) is 3.16. The zero-order valence-corrected chi connectivity index (χ0v) is 16.9. The average molecular weight is 353 g/mol. The summed E-state index contributed by atoms with van der Waals surface area (Å²) >= 11 is 0. The predicted octanol–water partition coefficient (Wildman–Crippen LogP) is 6.04. The van der Waals surface area contributed by atoms with Gasteiger partial charge in [-0.25, -0.2) is 0 Å². The summed E-state index contributed by atoms with van der Waals surface area (Å²) in [7, 11) is -0.986.